The van der Waals surface area contributed by atoms with Crippen LogP contribution in [0.2, 0.25) is 0 Å². The van der Waals surface area contributed by atoms with Gasteiger partial charge in [-0.1, -0.05) is 101 Å². The van der Waals surface area contributed by atoms with Gasteiger partial charge in [-0.15, -0.1) is 0 Å². The maximum Gasteiger partial charge on any atom is 0.237 e. The fraction of sp³-hybridized carbons (Fsp3) is 0.500. The first-order valence-corrected chi connectivity index (χ1v) is 15.8. The lowest BCUT2D eigenvalue weighted by atomic mass is 9.74. The zero-order valence-electron chi connectivity index (χ0n) is 26.1. The van der Waals surface area contributed by atoms with E-state index in [1.165, 1.54) is 16.7 Å². The van der Waals surface area contributed by atoms with Gasteiger partial charge in [0.05, 0.1) is 6.04 Å². The largest absolute Gasteiger partial charge is 0.356 e. The van der Waals surface area contributed by atoms with Crippen molar-refractivity contribution in [2.75, 3.05) is 33.2 Å². The third-order valence-corrected chi connectivity index (χ3v) is 8.61. The smallest absolute Gasteiger partial charge is 0.237 e. The van der Waals surface area contributed by atoms with Crippen LogP contribution in [0, 0.1) is 0 Å². The normalized spacial score (nSPS) is 16.9. The van der Waals surface area contributed by atoms with Gasteiger partial charge < -0.3 is 16.0 Å². The van der Waals surface area contributed by atoms with Crippen LogP contribution in [-0.4, -0.2) is 56.0 Å². The molecule has 2 aromatic rings. The van der Waals surface area contributed by atoms with Crippen LogP contribution in [0.15, 0.2) is 73.3 Å². The number of nitrogens with one attached hydrogen (secondary N) is 3. The number of amides is 2. The standard InChI is InChI=1S/C36H52N4O2/c1-6-17-33(40(7-2)26-30-18-10-8-11-19-30)35(42)39-25-16-22-34(41)38-24-15-9-14-23-36(27-37-5)29(4)28(3)31-20-12-13-21-32(31)36/h8,10-13,18-21,33,37H,3-4,6-7,9,14-17,22-27H2,1-2,5H3,(H,38,41)(H,39,42). The third-order valence-electron chi connectivity index (χ3n) is 8.61. The number of nitrogens with zero attached hydrogens (tertiary/aromatic N) is 1. The van der Waals surface area contributed by atoms with E-state index in [1.54, 1.807) is 0 Å². The van der Waals surface area contributed by atoms with Crippen molar-refractivity contribution in [3.05, 3.63) is 90.0 Å². The van der Waals surface area contributed by atoms with Crippen LogP contribution in [0.4, 0.5) is 0 Å². The van der Waals surface area contributed by atoms with Crippen LogP contribution >= 0.6 is 0 Å². The quantitative estimate of drug-likeness (QED) is 0.181. The van der Waals surface area contributed by atoms with Gasteiger partial charge in [-0.25, -0.2) is 0 Å². The third kappa shape index (κ3) is 8.65. The molecule has 3 rings (SSSR count). The van der Waals surface area contributed by atoms with Gasteiger partial charge in [0.15, 0.2) is 0 Å². The van der Waals surface area contributed by atoms with Crippen LogP contribution in [0.5, 0.6) is 0 Å². The lowest BCUT2D eigenvalue weighted by Crippen LogP contribution is -2.46. The maximum atomic E-state index is 13.0. The van der Waals surface area contributed by atoms with Crippen molar-refractivity contribution in [2.24, 2.45) is 0 Å². The molecule has 0 heterocycles. The first-order chi connectivity index (χ1) is 20.4. The summed E-state index contributed by atoms with van der Waals surface area (Å²) in [4.78, 5) is 27.7. The highest BCUT2D eigenvalue weighted by Gasteiger charge is 2.42. The molecule has 2 aromatic carbocycles. The highest BCUT2D eigenvalue weighted by Crippen LogP contribution is 2.50. The molecule has 0 saturated carbocycles. The van der Waals surface area contributed by atoms with Crippen LogP contribution in [-0.2, 0) is 21.5 Å². The molecule has 6 heteroatoms. The molecule has 2 unspecified atom stereocenters. The molecule has 6 nitrogen and oxygen atoms in total. The Morgan fingerprint density at radius 3 is 2.33 bits per heavy atom. The highest BCUT2D eigenvalue weighted by molar-refractivity contribution is 5.88. The SMILES string of the molecule is C=C1C(=C)C(CCCCCNC(=O)CCCNC(=O)C(CCC)N(CC)Cc2ccccc2)(CNC)c2ccccc21. The maximum absolute atomic E-state index is 13.0. The summed E-state index contributed by atoms with van der Waals surface area (Å²) < 4.78 is 0. The van der Waals surface area contributed by atoms with Crippen LogP contribution in [0.3, 0.4) is 0 Å². The molecule has 2 atom stereocenters. The monoisotopic (exact) mass is 572 g/mol. The Kier molecular flexibility index (Phi) is 13.5. The summed E-state index contributed by atoms with van der Waals surface area (Å²) in [6.45, 7) is 16.6. The molecule has 1 aliphatic rings. The number of hydrogen-bond donors (Lipinski definition) is 3. The van der Waals surface area contributed by atoms with Gasteiger partial charge in [0.2, 0.25) is 11.8 Å². The second-order valence-corrected chi connectivity index (χ2v) is 11.5. The summed E-state index contributed by atoms with van der Waals surface area (Å²) in [5.74, 6) is 0.108. The number of hydrogen-bond acceptors (Lipinski definition) is 4. The molecular weight excluding hydrogens is 520 g/mol. The van der Waals surface area contributed by atoms with Crippen molar-refractivity contribution in [1.82, 2.24) is 20.9 Å². The first kappa shape index (κ1) is 33.3. The van der Waals surface area contributed by atoms with Gasteiger partial charge in [0.1, 0.15) is 0 Å². The Bertz CT molecular complexity index is 1180. The molecular formula is C36H52N4O2. The minimum Gasteiger partial charge on any atom is -0.356 e. The van der Waals surface area contributed by atoms with E-state index in [1.807, 2.05) is 25.2 Å². The van der Waals surface area contributed by atoms with E-state index in [9.17, 15) is 9.59 Å². The number of carbonyl (C=O) groups is 2. The van der Waals surface area contributed by atoms with E-state index in [2.05, 4.69) is 84.3 Å². The molecule has 0 aromatic heterocycles. The highest BCUT2D eigenvalue weighted by atomic mass is 16.2. The number of benzene rings is 2. The minimum absolute atomic E-state index is 0.0506. The van der Waals surface area contributed by atoms with Gasteiger partial charge in [0.25, 0.3) is 0 Å². The minimum atomic E-state index is -0.158. The molecule has 0 aliphatic heterocycles. The summed E-state index contributed by atoms with van der Waals surface area (Å²) in [7, 11) is 2.00. The fourth-order valence-corrected chi connectivity index (χ4v) is 6.29. The summed E-state index contributed by atoms with van der Waals surface area (Å²) in [5.41, 5.74) is 5.83. The molecule has 2 amide bonds. The summed E-state index contributed by atoms with van der Waals surface area (Å²) in [6, 6.07) is 18.7. The Morgan fingerprint density at radius 2 is 1.62 bits per heavy atom. The van der Waals surface area contributed by atoms with Crippen LogP contribution in [0.1, 0.15) is 81.9 Å². The van der Waals surface area contributed by atoms with Gasteiger partial charge in [-0.3, -0.25) is 14.5 Å². The van der Waals surface area contributed by atoms with E-state index in [0.29, 0.717) is 25.9 Å². The summed E-state index contributed by atoms with van der Waals surface area (Å²) >= 11 is 0. The zero-order valence-corrected chi connectivity index (χ0v) is 26.1. The van der Waals surface area contributed by atoms with Gasteiger partial charge in [-0.2, -0.15) is 0 Å². The van der Waals surface area contributed by atoms with Crippen LogP contribution < -0.4 is 16.0 Å². The van der Waals surface area contributed by atoms with E-state index >= 15 is 0 Å². The summed E-state index contributed by atoms with van der Waals surface area (Å²) in [5, 5.41) is 9.53. The number of carbonyl (C=O) groups excluding carboxylic acids is 2. The van der Waals surface area contributed by atoms with Crippen LogP contribution in [0.25, 0.3) is 5.57 Å². The second-order valence-electron chi connectivity index (χ2n) is 11.5. The van der Waals surface area contributed by atoms with Crippen molar-refractivity contribution < 1.29 is 9.59 Å². The molecule has 0 bridgehead atoms. The number of likely N-dealkylation sites (N-methyl/N-ethyl adjacent to an activating group) is 2. The van der Waals surface area contributed by atoms with Gasteiger partial charge >= 0.3 is 0 Å². The second kappa shape index (κ2) is 17.0. The zero-order chi connectivity index (χ0) is 30.4. The van der Waals surface area contributed by atoms with Crippen molar-refractivity contribution in [3.8, 4) is 0 Å². The van der Waals surface area contributed by atoms with Crippen molar-refractivity contribution in [3.63, 3.8) is 0 Å². The Morgan fingerprint density at radius 1 is 0.905 bits per heavy atom. The molecule has 42 heavy (non-hydrogen) atoms. The molecule has 1 aliphatic carbocycles. The molecule has 0 spiro atoms. The van der Waals surface area contributed by atoms with E-state index in [0.717, 1.165) is 69.3 Å². The molecule has 3 N–H and O–H groups in total. The number of fused-ring (bicyclic) bond motifs is 1. The van der Waals surface area contributed by atoms with Crippen molar-refractivity contribution in [1.29, 1.82) is 0 Å². The molecule has 228 valence electrons. The number of allylic oxidation sites excluding steroid dienone is 1. The first-order valence-electron chi connectivity index (χ1n) is 15.8. The van der Waals surface area contributed by atoms with Crippen molar-refractivity contribution >= 4 is 17.4 Å². The van der Waals surface area contributed by atoms with E-state index < -0.39 is 0 Å². The number of rotatable bonds is 19. The topological polar surface area (TPSA) is 73.5 Å². The average Bonchev–Trinajstić information content (AvgIpc) is 3.21. The lowest BCUT2D eigenvalue weighted by molar-refractivity contribution is -0.127. The Hall–Kier alpha value is -3.22. The molecule has 0 fully saturated rings. The van der Waals surface area contributed by atoms with Gasteiger partial charge in [0, 0.05) is 38.0 Å². The average molecular weight is 573 g/mol. The van der Waals surface area contributed by atoms with E-state index in [4.69, 9.17) is 0 Å². The predicted octanol–water partition coefficient (Wildman–Crippen LogP) is 5.99. The van der Waals surface area contributed by atoms with Gasteiger partial charge in [-0.05, 0) is 67.1 Å². The molecule has 0 saturated heterocycles. The predicted molar refractivity (Wildman–Crippen MR) is 175 cm³/mol. The lowest BCUT2D eigenvalue weighted by Gasteiger charge is -2.32. The summed E-state index contributed by atoms with van der Waals surface area (Å²) in [6.07, 6.45) is 6.87. The Labute approximate surface area is 254 Å². The van der Waals surface area contributed by atoms with Crippen molar-refractivity contribution in [2.45, 2.75) is 83.2 Å². The fourth-order valence-electron chi connectivity index (χ4n) is 6.29. The van der Waals surface area contributed by atoms with E-state index in [-0.39, 0.29) is 23.3 Å². The molecule has 0 radical (unpaired) electrons. The number of unbranched alkanes of at least 4 members (excludes halogenated alkanes) is 2. The Balaban J connectivity index is 1.34.